The Morgan fingerprint density at radius 1 is 1.41 bits per heavy atom. The van der Waals surface area contributed by atoms with E-state index in [9.17, 15) is 17.2 Å². The lowest BCUT2D eigenvalue weighted by Crippen LogP contribution is -2.26. The highest BCUT2D eigenvalue weighted by atomic mass is 32.2. The van der Waals surface area contributed by atoms with Crippen molar-refractivity contribution >= 4 is 10.0 Å². The van der Waals surface area contributed by atoms with Crippen molar-refractivity contribution in [3.05, 3.63) is 29.3 Å². The molecule has 0 aromatic heterocycles. The molecule has 1 aromatic carbocycles. The van der Waals surface area contributed by atoms with Gasteiger partial charge in [-0.25, -0.2) is 17.9 Å². The van der Waals surface area contributed by atoms with E-state index in [1.54, 1.807) is 0 Å². The van der Waals surface area contributed by atoms with Gasteiger partial charge in [0.15, 0.2) is 11.6 Å². The number of sulfonamides is 1. The lowest BCUT2D eigenvalue weighted by atomic mass is 9.94. The quantitative estimate of drug-likeness (QED) is 0.869. The number of hydrogen-bond acceptors (Lipinski definition) is 3. The minimum Gasteiger partial charge on any atom is -0.490 e. The summed E-state index contributed by atoms with van der Waals surface area (Å²) >= 11 is 0. The Balaban J connectivity index is 2.42. The van der Waals surface area contributed by atoms with Crippen molar-refractivity contribution < 1.29 is 21.9 Å². The second kappa shape index (κ2) is 4.23. The van der Waals surface area contributed by atoms with Crippen LogP contribution in [0.25, 0.3) is 0 Å². The molecule has 2 N–H and O–H groups in total. The van der Waals surface area contributed by atoms with E-state index in [0.717, 1.165) is 6.07 Å². The predicted molar refractivity (Wildman–Crippen MR) is 57.2 cm³/mol. The second-order valence-electron chi connectivity index (χ2n) is 3.94. The van der Waals surface area contributed by atoms with Crippen LogP contribution < -0.4 is 9.88 Å². The molecular formula is C10H11F2NO3S. The summed E-state index contributed by atoms with van der Waals surface area (Å²) in [5.41, 5.74) is 0.351. The topological polar surface area (TPSA) is 69.4 Å². The van der Waals surface area contributed by atoms with Crippen molar-refractivity contribution in [1.29, 1.82) is 0 Å². The lowest BCUT2D eigenvalue weighted by Gasteiger charge is -2.25. The van der Waals surface area contributed by atoms with E-state index in [2.05, 4.69) is 0 Å². The van der Waals surface area contributed by atoms with Gasteiger partial charge in [-0.2, -0.15) is 4.39 Å². The summed E-state index contributed by atoms with van der Waals surface area (Å²) in [7, 11) is -3.66. The fourth-order valence-electron chi connectivity index (χ4n) is 1.93. The van der Waals surface area contributed by atoms with Crippen molar-refractivity contribution in [3.8, 4) is 5.75 Å². The maximum absolute atomic E-state index is 13.4. The number of halogens is 2. The van der Waals surface area contributed by atoms with E-state index in [1.807, 2.05) is 0 Å². The first-order chi connectivity index (χ1) is 7.88. The standard InChI is InChI=1S/C10H11F2NO3S/c11-8-2-1-7-6(5-17(13,14)15)3-4-16-10(7)9(8)12/h1-2,6H,3-5H2,(H2,13,14,15)/t6-/m0/s1. The molecular weight excluding hydrogens is 252 g/mol. The van der Waals surface area contributed by atoms with Crippen LogP contribution in [0.2, 0.25) is 0 Å². The number of fused-ring (bicyclic) bond motifs is 1. The zero-order valence-corrected chi connectivity index (χ0v) is 9.64. The Bertz CT molecular complexity index is 545. The Kier molecular flexibility index (Phi) is 3.05. The highest BCUT2D eigenvalue weighted by Gasteiger charge is 2.28. The summed E-state index contributed by atoms with van der Waals surface area (Å²) < 4.78 is 53.5. The largest absolute Gasteiger partial charge is 0.490 e. The van der Waals surface area contributed by atoms with Crippen LogP contribution in [0.5, 0.6) is 5.75 Å². The molecule has 1 aliphatic heterocycles. The van der Waals surface area contributed by atoms with Gasteiger partial charge in [0, 0.05) is 11.5 Å². The van der Waals surface area contributed by atoms with Gasteiger partial charge in [0.2, 0.25) is 15.8 Å². The summed E-state index contributed by atoms with van der Waals surface area (Å²) in [6.45, 7) is 0.146. The molecule has 7 heteroatoms. The zero-order chi connectivity index (χ0) is 12.6. The van der Waals surface area contributed by atoms with Crippen LogP contribution in [0, 0.1) is 11.6 Å². The third-order valence-corrected chi connectivity index (χ3v) is 3.53. The summed E-state index contributed by atoms with van der Waals surface area (Å²) in [4.78, 5) is 0. The number of rotatable bonds is 2. The van der Waals surface area contributed by atoms with Gasteiger partial charge in [0.25, 0.3) is 0 Å². The number of ether oxygens (including phenoxy) is 1. The number of nitrogens with two attached hydrogens (primary N) is 1. The highest BCUT2D eigenvalue weighted by Crippen LogP contribution is 2.36. The molecule has 0 bridgehead atoms. The second-order valence-corrected chi connectivity index (χ2v) is 5.60. The van der Waals surface area contributed by atoms with E-state index < -0.39 is 27.6 Å². The fraction of sp³-hybridized carbons (Fsp3) is 0.400. The van der Waals surface area contributed by atoms with Gasteiger partial charge in [0.05, 0.1) is 12.4 Å². The summed E-state index contributed by atoms with van der Waals surface area (Å²) in [6.07, 6.45) is 0.411. The Hall–Kier alpha value is -1.21. The Labute approximate surface area is 97.4 Å². The first kappa shape index (κ1) is 12.3. The van der Waals surface area contributed by atoms with Crippen LogP contribution in [0.1, 0.15) is 17.9 Å². The maximum Gasteiger partial charge on any atom is 0.209 e. The average molecular weight is 263 g/mol. The van der Waals surface area contributed by atoms with E-state index in [4.69, 9.17) is 9.88 Å². The number of benzene rings is 1. The van der Waals surface area contributed by atoms with E-state index >= 15 is 0 Å². The third kappa shape index (κ3) is 2.55. The van der Waals surface area contributed by atoms with Gasteiger partial charge in [0.1, 0.15) is 0 Å². The molecule has 0 amide bonds. The molecule has 0 saturated heterocycles. The van der Waals surface area contributed by atoms with E-state index in [0.29, 0.717) is 12.0 Å². The van der Waals surface area contributed by atoms with Crippen LogP contribution in [0.15, 0.2) is 12.1 Å². The normalized spacial score (nSPS) is 19.6. The monoisotopic (exact) mass is 263 g/mol. The fourth-order valence-corrected chi connectivity index (χ4v) is 2.83. The number of primary sulfonamides is 1. The summed E-state index contributed by atoms with van der Waals surface area (Å²) in [5.74, 6) is -3.05. The Morgan fingerprint density at radius 2 is 2.12 bits per heavy atom. The third-order valence-electron chi connectivity index (χ3n) is 2.67. The van der Waals surface area contributed by atoms with Crippen molar-refractivity contribution in [2.75, 3.05) is 12.4 Å². The molecule has 1 aromatic rings. The lowest BCUT2D eigenvalue weighted by molar-refractivity contribution is 0.254. The van der Waals surface area contributed by atoms with Crippen LogP contribution >= 0.6 is 0 Å². The molecule has 2 rings (SSSR count). The maximum atomic E-state index is 13.4. The van der Waals surface area contributed by atoms with Gasteiger partial charge in [-0.05, 0) is 12.5 Å². The first-order valence-corrected chi connectivity index (χ1v) is 6.71. The van der Waals surface area contributed by atoms with E-state index in [-0.39, 0.29) is 18.1 Å². The van der Waals surface area contributed by atoms with Gasteiger partial charge in [-0.1, -0.05) is 6.07 Å². The number of hydrogen-bond donors (Lipinski definition) is 1. The predicted octanol–water partition coefficient (Wildman–Crippen LogP) is 1.12. The smallest absolute Gasteiger partial charge is 0.209 e. The average Bonchev–Trinajstić information content (AvgIpc) is 2.22. The van der Waals surface area contributed by atoms with Crippen molar-refractivity contribution in [3.63, 3.8) is 0 Å². The van der Waals surface area contributed by atoms with E-state index in [1.165, 1.54) is 6.07 Å². The van der Waals surface area contributed by atoms with Crippen molar-refractivity contribution in [2.24, 2.45) is 5.14 Å². The molecule has 1 heterocycles. The summed E-state index contributed by atoms with van der Waals surface area (Å²) in [6, 6.07) is 2.29. The SMILES string of the molecule is NS(=O)(=O)C[C@@H]1CCOc2c1ccc(F)c2F. The van der Waals surface area contributed by atoms with Crippen LogP contribution in [-0.2, 0) is 10.0 Å². The molecule has 4 nitrogen and oxygen atoms in total. The van der Waals surface area contributed by atoms with Gasteiger partial charge < -0.3 is 4.74 Å². The van der Waals surface area contributed by atoms with Crippen molar-refractivity contribution in [2.45, 2.75) is 12.3 Å². The minimum atomic E-state index is -3.66. The molecule has 94 valence electrons. The summed E-state index contributed by atoms with van der Waals surface area (Å²) in [5, 5.41) is 4.95. The van der Waals surface area contributed by atoms with Crippen LogP contribution in [0.4, 0.5) is 8.78 Å². The molecule has 1 atom stereocenters. The van der Waals surface area contributed by atoms with Crippen LogP contribution in [-0.4, -0.2) is 20.8 Å². The Morgan fingerprint density at radius 3 is 2.76 bits per heavy atom. The van der Waals surface area contributed by atoms with Gasteiger partial charge >= 0.3 is 0 Å². The molecule has 0 radical (unpaired) electrons. The highest BCUT2D eigenvalue weighted by molar-refractivity contribution is 7.89. The molecule has 0 unspecified atom stereocenters. The molecule has 17 heavy (non-hydrogen) atoms. The van der Waals surface area contributed by atoms with Crippen molar-refractivity contribution in [1.82, 2.24) is 0 Å². The molecule has 0 fully saturated rings. The minimum absolute atomic E-state index is 0.146. The molecule has 0 aliphatic carbocycles. The van der Waals surface area contributed by atoms with Crippen LogP contribution in [0.3, 0.4) is 0 Å². The molecule has 0 saturated carbocycles. The first-order valence-electron chi connectivity index (χ1n) is 4.99. The molecule has 1 aliphatic rings. The zero-order valence-electron chi connectivity index (χ0n) is 8.82. The van der Waals surface area contributed by atoms with Gasteiger partial charge in [-0.15, -0.1) is 0 Å². The molecule has 0 spiro atoms. The van der Waals surface area contributed by atoms with Gasteiger partial charge in [-0.3, -0.25) is 0 Å².